The van der Waals surface area contributed by atoms with Crippen molar-refractivity contribution < 1.29 is 19.7 Å². The van der Waals surface area contributed by atoms with Gasteiger partial charge in [-0.1, -0.05) is 84.9 Å². The smallest absolute Gasteiger partial charge is 0.353 e. The quantitative estimate of drug-likeness (QED) is 0.195. The normalized spacial score (nSPS) is 11.2. The Morgan fingerprint density at radius 2 is 1.50 bits per heavy atom. The van der Waals surface area contributed by atoms with Gasteiger partial charge in [-0.25, -0.2) is 4.79 Å². The highest BCUT2D eigenvalue weighted by Gasteiger charge is 2.26. The van der Waals surface area contributed by atoms with Crippen molar-refractivity contribution in [2.75, 3.05) is 6.61 Å². The lowest BCUT2D eigenvalue weighted by molar-refractivity contribution is 0.0686. The van der Waals surface area contributed by atoms with Crippen molar-refractivity contribution in [1.82, 2.24) is 4.57 Å². The van der Waals surface area contributed by atoms with Crippen LogP contribution in [0.3, 0.4) is 0 Å². The molecule has 0 aliphatic carbocycles. The first-order chi connectivity index (χ1) is 19.5. The molecular formula is C35H29NO4. The average Bonchev–Trinajstić information content (AvgIpc) is 3.31. The fraction of sp³-hybridized carbons (Fsp3) is 0.114. The molecular weight excluding hydrogens is 498 g/mol. The van der Waals surface area contributed by atoms with Gasteiger partial charge in [0.15, 0.2) is 0 Å². The van der Waals surface area contributed by atoms with E-state index in [1.807, 2.05) is 65.2 Å². The maximum Gasteiger partial charge on any atom is 0.353 e. The molecule has 0 aliphatic heterocycles. The zero-order chi connectivity index (χ0) is 27.6. The van der Waals surface area contributed by atoms with Gasteiger partial charge in [0.05, 0.1) is 6.61 Å². The number of phenols is 1. The minimum atomic E-state index is -0.995. The molecule has 0 fully saturated rings. The number of fused-ring (bicyclic) bond motifs is 2. The minimum absolute atomic E-state index is 0.133. The lowest BCUT2D eigenvalue weighted by Gasteiger charge is -2.12. The summed E-state index contributed by atoms with van der Waals surface area (Å²) in [5, 5.41) is 23.5. The monoisotopic (exact) mass is 527 g/mol. The lowest BCUT2D eigenvalue weighted by Crippen LogP contribution is -2.12. The number of ether oxygens (including phenoxy) is 1. The summed E-state index contributed by atoms with van der Waals surface area (Å²) in [6.45, 7) is 2.98. The Labute approximate surface area is 232 Å². The number of hydrogen-bond acceptors (Lipinski definition) is 3. The number of phenolic OH excluding ortho intramolecular Hbond substituents is 1. The van der Waals surface area contributed by atoms with Crippen molar-refractivity contribution in [2.24, 2.45) is 0 Å². The average molecular weight is 528 g/mol. The summed E-state index contributed by atoms with van der Waals surface area (Å²) >= 11 is 0. The highest BCUT2D eigenvalue weighted by atomic mass is 16.5. The highest BCUT2D eigenvalue weighted by molar-refractivity contribution is 6.13. The van der Waals surface area contributed by atoms with Gasteiger partial charge in [0.2, 0.25) is 0 Å². The number of aromatic hydroxyl groups is 1. The van der Waals surface area contributed by atoms with E-state index in [-0.39, 0.29) is 11.4 Å². The van der Waals surface area contributed by atoms with Crippen molar-refractivity contribution >= 4 is 27.6 Å². The van der Waals surface area contributed by atoms with Gasteiger partial charge in [-0.05, 0) is 65.3 Å². The second kappa shape index (κ2) is 10.6. The third kappa shape index (κ3) is 4.56. The third-order valence-corrected chi connectivity index (χ3v) is 7.42. The Morgan fingerprint density at radius 3 is 2.30 bits per heavy atom. The van der Waals surface area contributed by atoms with Gasteiger partial charge in [-0.3, -0.25) is 0 Å². The molecule has 198 valence electrons. The first kappa shape index (κ1) is 25.3. The Balaban J connectivity index is 1.44. The van der Waals surface area contributed by atoms with Crippen LogP contribution in [0, 0.1) is 6.92 Å². The van der Waals surface area contributed by atoms with Crippen LogP contribution < -0.4 is 4.74 Å². The van der Waals surface area contributed by atoms with Crippen molar-refractivity contribution in [3.63, 3.8) is 0 Å². The largest absolute Gasteiger partial charge is 0.508 e. The predicted molar refractivity (Wildman–Crippen MR) is 160 cm³/mol. The van der Waals surface area contributed by atoms with Crippen LogP contribution in [0.15, 0.2) is 109 Å². The van der Waals surface area contributed by atoms with E-state index in [1.54, 1.807) is 24.3 Å². The molecule has 0 radical (unpaired) electrons. The second-order valence-corrected chi connectivity index (χ2v) is 9.92. The number of benzene rings is 5. The van der Waals surface area contributed by atoms with Crippen molar-refractivity contribution in [3.8, 4) is 33.8 Å². The number of carboxylic acid groups (broad SMARTS) is 1. The topological polar surface area (TPSA) is 71.7 Å². The molecule has 1 aromatic heterocycles. The molecule has 5 aromatic carbocycles. The van der Waals surface area contributed by atoms with Gasteiger partial charge < -0.3 is 19.5 Å². The van der Waals surface area contributed by atoms with Crippen LogP contribution in [-0.2, 0) is 6.54 Å². The molecule has 40 heavy (non-hydrogen) atoms. The summed E-state index contributed by atoms with van der Waals surface area (Å²) in [5.41, 5.74) is 5.62. The number of carboxylic acids is 1. The third-order valence-electron chi connectivity index (χ3n) is 7.42. The number of aryl methyl sites for hydroxylation is 2. The van der Waals surface area contributed by atoms with Gasteiger partial charge in [0.1, 0.15) is 17.2 Å². The Hall–Kier alpha value is -5.03. The van der Waals surface area contributed by atoms with E-state index < -0.39 is 5.97 Å². The van der Waals surface area contributed by atoms with Gasteiger partial charge in [0.25, 0.3) is 0 Å². The first-order valence-corrected chi connectivity index (χ1v) is 13.4. The maximum atomic E-state index is 12.9. The Kier molecular flexibility index (Phi) is 6.71. The van der Waals surface area contributed by atoms with Crippen molar-refractivity contribution in [2.45, 2.75) is 19.9 Å². The zero-order valence-corrected chi connectivity index (χ0v) is 22.2. The molecule has 0 spiro atoms. The summed E-state index contributed by atoms with van der Waals surface area (Å²) in [6, 6.07) is 35.0. The van der Waals surface area contributed by atoms with E-state index in [4.69, 9.17) is 4.74 Å². The van der Waals surface area contributed by atoms with Crippen molar-refractivity contribution in [3.05, 3.63) is 120 Å². The fourth-order valence-corrected chi connectivity index (χ4v) is 5.59. The molecule has 5 nitrogen and oxygen atoms in total. The number of hydrogen-bond donors (Lipinski definition) is 2. The number of aromatic carboxylic acids is 1. The molecule has 0 aliphatic rings. The summed E-state index contributed by atoms with van der Waals surface area (Å²) in [5.74, 6) is -0.0420. The Morgan fingerprint density at radius 1 is 0.800 bits per heavy atom. The zero-order valence-electron chi connectivity index (χ0n) is 22.2. The molecule has 0 saturated heterocycles. The van der Waals surface area contributed by atoms with E-state index in [0.29, 0.717) is 25.1 Å². The number of rotatable bonds is 8. The predicted octanol–water partition coefficient (Wildman–Crippen LogP) is 8.31. The first-order valence-electron chi connectivity index (χ1n) is 13.4. The molecule has 0 amide bonds. The number of carbonyl (C=O) groups is 1. The summed E-state index contributed by atoms with van der Waals surface area (Å²) in [6.07, 6.45) is 0.622. The number of nitrogens with zero attached hydrogens (tertiary/aromatic N) is 1. The molecule has 0 bridgehead atoms. The van der Waals surface area contributed by atoms with Crippen LogP contribution in [0.25, 0.3) is 43.9 Å². The van der Waals surface area contributed by atoms with Crippen LogP contribution in [0.5, 0.6) is 11.5 Å². The van der Waals surface area contributed by atoms with E-state index in [9.17, 15) is 15.0 Å². The molecule has 5 heteroatoms. The summed E-state index contributed by atoms with van der Waals surface area (Å²) in [4.78, 5) is 12.9. The van der Waals surface area contributed by atoms with Crippen LogP contribution in [0.2, 0.25) is 0 Å². The van der Waals surface area contributed by atoms with Gasteiger partial charge in [0, 0.05) is 28.4 Å². The molecule has 1 heterocycles. The maximum absolute atomic E-state index is 12.9. The van der Waals surface area contributed by atoms with E-state index >= 15 is 0 Å². The minimum Gasteiger partial charge on any atom is -0.508 e. The van der Waals surface area contributed by atoms with E-state index in [0.717, 1.165) is 49.7 Å². The van der Waals surface area contributed by atoms with Crippen LogP contribution in [-0.4, -0.2) is 27.4 Å². The SMILES string of the molecule is Cc1ccccc1-c1cccc2c1c(-c1ccc(O)cc1)c(C(=O)O)n2CCCOc1cccc2ccccc12. The summed E-state index contributed by atoms with van der Waals surface area (Å²) < 4.78 is 8.08. The number of aromatic nitrogens is 1. The van der Waals surface area contributed by atoms with E-state index in [2.05, 4.69) is 31.2 Å². The molecule has 0 unspecified atom stereocenters. The van der Waals surface area contributed by atoms with Gasteiger partial charge in [-0.15, -0.1) is 0 Å². The molecule has 6 aromatic rings. The Bertz CT molecular complexity index is 1840. The second-order valence-electron chi connectivity index (χ2n) is 9.92. The molecule has 0 atom stereocenters. The van der Waals surface area contributed by atoms with Gasteiger partial charge >= 0.3 is 5.97 Å². The van der Waals surface area contributed by atoms with Crippen molar-refractivity contribution in [1.29, 1.82) is 0 Å². The van der Waals surface area contributed by atoms with E-state index in [1.165, 1.54) is 0 Å². The fourth-order valence-electron chi connectivity index (χ4n) is 5.59. The van der Waals surface area contributed by atoms with Crippen LogP contribution >= 0.6 is 0 Å². The summed E-state index contributed by atoms with van der Waals surface area (Å²) in [7, 11) is 0. The van der Waals surface area contributed by atoms with Crippen LogP contribution in [0.1, 0.15) is 22.5 Å². The van der Waals surface area contributed by atoms with Gasteiger partial charge in [-0.2, -0.15) is 0 Å². The standard InChI is InChI=1S/C35H29NO4/c1-23-9-2-4-12-27(23)29-14-7-15-30-33(29)32(25-17-19-26(37)20-18-25)34(35(38)39)36(30)21-8-22-40-31-16-6-11-24-10-3-5-13-28(24)31/h2-7,9-20,37H,8,21-22H2,1H3,(H,38,39). The lowest BCUT2D eigenvalue weighted by atomic mass is 9.93. The molecule has 6 rings (SSSR count). The highest BCUT2D eigenvalue weighted by Crippen LogP contribution is 2.42. The molecule has 0 saturated carbocycles. The van der Waals surface area contributed by atoms with Crippen LogP contribution in [0.4, 0.5) is 0 Å². The molecule has 2 N–H and O–H groups in total.